The monoisotopic (exact) mass is 481 g/mol. The molecule has 0 radical (unpaired) electrons. The zero-order chi connectivity index (χ0) is 23.5. The van der Waals surface area contributed by atoms with Gasteiger partial charge in [0.2, 0.25) is 5.91 Å². The molecule has 2 unspecified atom stereocenters. The predicted octanol–water partition coefficient (Wildman–Crippen LogP) is 2.14. The number of nitrogens with two attached hydrogens (primary N) is 1. The number of rotatable bonds is 9. The number of aliphatic hydroxyl groups excluding tert-OH is 2. The number of primary amides is 1. The summed E-state index contributed by atoms with van der Waals surface area (Å²) in [5, 5.41) is 18.8. The summed E-state index contributed by atoms with van der Waals surface area (Å²) in [5.41, 5.74) is 7.43. The van der Waals surface area contributed by atoms with Crippen LogP contribution < -0.4 is 5.73 Å². The number of hydrogen-bond acceptors (Lipinski definition) is 7. The van der Waals surface area contributed by atoms with Crippen molar-refractivity contribution in [3.63, 3.8) is 0 Å². The van der Waals surface area contributed by atoms with Gasteiger partial charge in [0.15, 0.2) is 9.84 Å². The van der Waals surface area contributed by atoms with Crippen LogP contribution in [0.1, 0.15) is 60.4 Å². The summed E-state index contributed by atoms with van der Waals surface area (Å²) in [6.07, 6.45) is 8.02. The molecule has 1 aliphatic rings. The van der Waals surface area contributed by atoms with Crippen molar-refractivity contribution >= 4 is 27.3 Å². The van der Waals surface area contributed by atoms with Crippen LogP contribution in [0.5, 0.6) is 0 Å². The third kappa shape index (κ3) is 5.28. The summed E-state index contributed by atoms with van der Waals surface area (Å²) >= 11 is 6.25. The Bertz CT molecular complexity index is 1050. The van der Waals surface area contributed by atoms with Gasteiger partial charge in [-0.3, -0.25) is 14.8 Å². The Morgan fingerprint density at radius 3 is 2.22 bits per heavy atom. The molecular formula is C22H28ClN3O5S. The van der Waals surface area contributed by atoms with Crippen LogP contribution in [-0.4, -0.2) is 54.0 Å². The van der Waals surface area contributed by atoms with E-state index >= 15 is 0 Å². The number of benzene rings is 1. The standard InChI is InChI=1S/C22H28ClN3O5S/c1-32(30,31)19-7-6-14(8-16(19)23)21(22(24)29)20(13-4-2-3-5-13)18-10-25-17(9-26-18)15(11-27)12-28/h6-10,13,15,20-21,27-28H,2-5,11-12H2,1H3,(H2,24,29). The van der Waals surface area contributed by atoms with Crippen LogP contribution in [0.3, 0.4) is 0 Å². The number of sulfone groups is 1. The Morgan fingerprint density at radius 2 is 1.75 bits per heavy atom. The lowest BCUT2D eigenvalue weighted by molar-refractivity contribution is -0.120. The lowest BCUT2D eigenvalue weighted by atomic mass is 9.75. The van der Waals surface area contributed by atoms with E-state index in [9.17, 15) is 23.4 Å². The molecular weight excluding hydrogens is 454 g/mol. The van der Waals surface area contributed by atoms with Crippen molar-refractivity contribution in [2.45, 2.75) is 48.3 Å². The maximum absolute atomic E-state index is 12.7. The predicted molar refractivity (Wildman–Crippen MR) is 120 cm³/mol. The minimum absolute atomic E-state index is 0.00764. The van der Waals surface area contributed by atoms with Crippen LogP contribution in [0.15, 0.2) is 35.5 Å². The number of hydrogen-bond donors (Lipinski definition) is 3. The van der Waals surface area contributed by atoms with E-state index in [0.717, 1.165) is 31.9 Å². The smallest absolute Gasteiger partial charge is 0.225 e. The number of carbonyl (C=O) groups is 1. The second kappa shape index (κ2) is 10.2. The normalized spacial score (nSPS) is 16.9. The molecule has 0 aliphatic heterocycles. The quantitative estimate of drug-likeness (QED) is 0.497. The summed E-state index contributed by atoms with van der Waals surface area (Å²) in [4.78, 5) is 21.6. The molecule has 8 nitrogen and oxygen atoms in total. The van der Waals surface area contributed by atoms with Gasteiger partial charge in [-0.25, -0.2) is 8.42 Å². The molecule has 2 aromatic rings. The SMILES string of the molecule is CS(=O)(=O)c1ccc(C(C(N)=O)C(c2cnc(C(CO)CO)cn2)C2CCCC2)cc1Cl. The van der Waals surface area contributed by atoms with E-state index in [2.05, 4.69) is 9.97 Å². The molecule has 4 N–H and O–H groups in total. The lowest BCUT2D eigenvalue weighted by Crippen LogP contribution is -2.31. The van der Waals surface area contributed by atoms with Crippen LogP contribution in [0.4, 0.5) is 0 Å². The number of nitrogens with zero attached hydrogens (tertiary/aromatic N) is 2. The third-order valence-electron chi connectivity index (χ3n) is 6.18. The van der Waals surface area contributed by atoms with Gasteiger partial charge in [0.05, 0.1) is 40.4 Å². The van der Waals surface area contributed by atoms with Gasteiger partial charge in [0.1, 0.15) is 0 Å². The summed E-state index contributed by atoms with van der Waals surface area (Å²) in [7, 11) is -3.51. The fourth-order valence-electron chi connectivity index (χ4n) is 4.54. The molecule has 1 saturated carbocycles. The van der Waals surface area contributed by atoms with Crippen LogP contribution in [0.2, 0.25) is 5.02 Å². The number of carbonyl (C=O) groups excluding carboxylic acids is 1. The van der Waals surface area contributed by atoms with Crippen molar-refractivity contribution in [1.82, 2.24) is 9.97 Å². The highest BCUT2D eigenvalue weighted by molar-refractivity contribution is 7.90. The molecule has 1 amide bonds. The molecule has 3 rings (SSSR count). The van der Waals surface area contributed by atoms with Crippen molar-refractivity contribution in [3.8, 4) is 0 Å². The number of aliphatic hydroxyl groups is 2. The van der Waals surface area contributed by atoms with E-state index in [1.165, 1.54) is 18.3 Å². The van der Waals surface area contributed by atoms with Gasteiger partial charge in [0, 0.05) is 30.5 Å². The van der Waals surface area contributed by atoms with E-state index in [4.69, 9.17) is 17.3 Å². The molecule has 1 heterocycles. The molecule has 1 aromatic heterocycles. The maximum atomic E-state index is 12.7. The van der Waals surface area contributed by atoms with Crippen molar-refractivity contribution in [3.05, 3.63) is 52.6 Å². The first-order valence-electron chi connectivity index (χ1n) is 10.5. The van der Waals surface area contributed by atoms with Crippen LogP contribution in [0, 0.1) is 5.92 Å². The Balaban J connectivity index is 2.06. The highest BCUT2D eigenvalue weighted by atomic mass is 35.5. The number of amides is 1. The van der Waals surface area contributed by atoms with Crippen molar-refractivity contribution in [1.29, 1.82) is 0 Å². The largest absolute Gasteiger partial charge is 0.396 e. The molecule has 1 aliphatic carbocycles. The van der Waals surface area contributed by atoms with E-state index in [1.807, 2.05) is 0 Å². The molecule has 2 atom stereocenters. The summed E-state index contributed by atoms with van der Waals surface area (Å²) in [6.45, 7) is -0.517. The minimum atomic E-state index is -3.51. The van der Waals surface area contributed by atoms with Gasteiger partial charge in [-0.1, -0.05) is 30.5 Å². The Labute approximate surface area is 192 Å². The molecule has 1 aromatic carbocycles. The Kier molecular flexibility index (Phi) is 7.87. The van der Waals surface area contributed by atoms with Crippen LogP contribution in [-0.2, 0) is 14.6 Å². The highest BCUT2D eigenvalue weighted by Gasteiger charge is 2.38. The second-order valence-corrected chi connectivity index (χ2v) is 10.7. The Morgan fingerprint density at radius 1 is 1.16 bits per heavy atom. The maximum Gasteiger partial charge on any atom is 0.225 e. The van der Waals surface area contributed by atoms with E-state index in [-0.39, 0.29) is 35.0 Å². The van der Waals surface area contributed by atoms with E-state index in [0.29, 0.717) is 17.0 Å². The van der Waals surface area contributed by atoms with Crippen molar-refractivity contribution < 1.29 is 23.4 Å². The van der Waals surface area contributed by atoms with Gasteiger partial charge in [-0.2, -0.15) is 0 Å². The average Bonchev–Trinajstić information content (AvgIpc) is 3.26. The van der Waals surface area contributed by atoms with Crippen LogP contribution >= 0.6 is 11.6 Å². The van der Waals surface area contributed by atoms with Gasteiger partial charge < -0.3 is 15.9 Å². The molecule has 10 heteroatoms. The zero-order valence-electron chi connectivity index (χ0n) is 17.8. The minimum Gasteiger partial charge on any atom is -0.396 e. The first-order chi connectivity index (χ1) is 15.2. The molecule has 174 valence electrons. The van der Waals surface area contributed by atoms with Gasteiger partial charge in [0.25, 0.3) is 0 Å². The van der Waals surface area contributed by atoms with E-state index in [1.54, 1.807) is 12.3 Å². The highest BCUT2D eigenvalue weighted by Crippen LogP contribution is 2.45. The van der Waals surface area contributed by atoms with Crippen LogP contribution in [0.25, 0.3) is 0 Å². The zero-order valence-corrected chi connectivity index (χ0v) is 19.4. The second-order valence-electron chi connectivity index (χ2n) is 8.34. The fraction of sp³-hybridized carbons (Fsp3) is 0.500. The molecule has 1 fully saturated rings. The Hall–Kier alpha value is -2.07. The first-order valence-corrected chi connectivity index (χ1v) is 12.8. The van der Waals surface area contributed by atoms with Gasteiger partial charge >= 0.3 is 0 Å². The summed E-state index contributed by atoms with van der Waals surface area (Å²) in [5.74, 6) is -2.07. The fourth-order valence-corrected chi connectivity index (χ4v) is 5.87. The third-order valence-corrected chi connectivity index (χ3v) is 7.76. The molecule has 32 heavy (non-hydrogen) atoms. The topological polar surface area (TPSA) is 143 Å². The van der Waals surface area contributed by atoms with E-state index < -0.39 is 27.6 Å². The number of aromatic nitrogens is 2. The molecule has 0 bridgehead atoms. The average molecular weight is 482 g/mol. The first kappa shape index (κ1) is 24.6. The van der Waals surface area contributed by atoms with Gasteiger partial charge in [-0.05, 0) is 36.5 Å². The molecule has 0 saturated heterocycles. The van der Waals surface area contributed by atoms with Gasteiger partial charge in [-0.15, -0.1) is 0 Å². The lowest BCUT2D eigenvalue weighted by Gasteiger charge is -2.30. The number of halogens is 1. The summed E-state index contributed by atoms with van der Waals surface area (Å²) < 4.78 is 23.9. The van der Waals surface area contributed by atoms with Crippen molar-refractivity contribution in [2.75, 3.05) is 19.5 Å². The summed E-state index contributed by atoms with van der Waals surface area (Å²) in [6, 6.07) is 4.47. The molecule has 0 spiro atoms. The van der Waals surface area contributed by atoms with Crippen molar-refractivity contribution in [2.24, 2.45) is 11.7 Å².